The highest BCUT2D eigenvalue weighted by atomic mass is 35.5. The summed E-state index contributed by atoms with van der Waals surface area (Å²) >= 11 is 5.97. The fraction of sp³-hybridized carbons (Fsp3) is 0.0833. The van der Waals surface area contributed by atoms with Crippen LogP contribution >= 0.6 is 11.6 Å². The van der Waals surface area contributed by atoms with Crippen molar-refractivity contribution in [1.82, 2.24) is 0 Å². The van der Waals surface area contributed by atoms with Gasteiger partial charge in [-0.05, 0) is 23.8 Å². The van der Waals surface area contributed by atoms with Gasteiger partial charge in [0.1, 0.15) is 17.5 Å². The van der Waals surface area contributed by atoms with Crippen LogP contribution in [0, 0.1) is 0 Å². The van der Waals surface area contributed by atoms with Gasteiger partial charge in [0.05, 0.1) is 0 Å². The number of carboxylic acids is 1. The molecule has 1 heterocycles. The summed E-state index contributed by atoms with van der Waals surface area (Å²) in [4.78, 5) is 10.5. The lowest BCUT2D eigenvalue weighted by Crippen LogP contribution is -2.21. The van der Waals surface area contributed by atoms with Gasteiger partial charge >= 0.3 is 0 Å². The van der Waals surface area contributed by atoms with Crippen LogP contribution in [0.25, 0.3) is 0 Å². The number of rotatable bonds is 3. The molecule has 1 aromatic carbocycles. The Hall–Kier alpha value is -1.74. The molecule has 3 nitrogen and oxygen atoms in total. The molecule has 82 valence electrons. The summed E-state index contributed by atoms with van der Waals surface area (Å²) < 4.78 is 5.08. The Kier molecular flexibility index (Phi) is 2.97. The number of carbonyl (C=O) groups excluding carboxylic acids is 1. The maximum atomic E-state index is 10.5. The molecule has 2 aromatic rings. The second kappa shape index (κ2) is 4.41. The molecule has 0 saturated heterocycles. The Balaban J connectivity index is 2.21. The number of carbonyl (C=O) groups is 1. The molecule has 0 aliphatic carbocycles. The standard InChI is InChI=1S/C12H9ClO3/c13-10-4-2-1-3-8(10)7-9-5-6-11(16-9)12(14)15/h1-6H,7H2,(H,14,15)/p-1. The lowest BCUT2D eigenvalue weighted by Gasteiger charge is -2.01. The van der Waals surface area contributed by atoms with E-state index in [0.29, 0.717) is 17.2 Å². The van der Waals surface area contributed by atoms with Crippen LogP contribution in [0.2, 0.25) is 5.02 Å². The molecule has 0 N–H and O–H groups in total. The van der Waals surface area contributed by atoms with E-state index >= 15 is 0 Å². The molecule has 0 amide bonds. The van der Waals surface area contributed by atoms with Crippen molar-refractivity contribution >= 4 is 17.6 Å². The second-order valence-corrected chi connectivity index (χ2v) is 3.73. The fourth-order valence-corrected chi connectivity index (χ4v) is 1.61. The molecule has 4 heteroatoms. The number of furan rings is 1. The molecule has 0 aliphatic rings. The average molecular weight is 236 g/mol. The van der Waals surface area contributed by atoms with E-state index in [1.807, 2.05) is 18.2 Å². The van der Waals surface area contributed by atoms with Crippen molar-refractivity contribution in [2.45, 2.75) is 6.42 Å². The van der Waals surface area contributed by atoms with Crippen LogP contribution in [0.5, 0.6) is 0 Å². The molecular formula is C12H8ClO3-. The molecule has 0 radical (unpaired) electrons. The third kappa shape index (κ3) is 2.25. The monoisotopic (exact) mass is 235 g/mol. The number of aromatic carboxylic acids is 1. The van der Waals surface area contributed by atoms with Gasteiger partial charge in [-0.25, -0.2) is 0 Å². The second-order valence-electron chi connectivity index (χ2n) is 3.32. The van der Waals surface area contributed by atoms with E-state index in [2.05, 4.69) is 0 Å². The Bertz CT molecular complexity index is 516. The highest BCUT2D eigenvalue weighted by Gasteiger charge is 2.06. The maximum Gasteiger partial charge on any atom is 0.149 e. The molecule has 0 bridgehead atoms. The average Bonchev–Trinajstić information content (AvgIpc) is 2.70. The van der Waals surface area contributed by atoms with E-state index in [9.17, 15) is 9.90 Å². The van der Waals surface area contributed by atoms with Gasteiger partial charge in [-0.3, -0.25) is 0 Å². The topological polar surface area (TPSA) is 53.3 Å². The summed E-state index contributed by atoms with van der Waals surface area (Å²) in [5, 5.41) is 11.1. The predicted molar refractivity (Wildman–Crippen MR) is 57.3 cm³/mol. The van der Waals surface area contributed by atoms with Gasteiger partial charge in [0.25, 0.3) is 0 Å². The number of hydrogen-bond donors (Lipinski definition) is 0. The Morgan fingerprint density at radius 3 is 2.62 bits per heavy atom. The first-order chi connectivity index (χ1) is 7.66. The Labute approximate surface area is 97.3 Å². The third-order valence-electron chi connectivity index (χ3n) is 2.19. The molecule has 0 aliphatic heterocycles. The number of benzene rings is 1. The van der Waals surface area contributed by atoms with Crippen LogP contribution < -0.4 is 5.11 Å². The van der Waals surface area contributed by atoms with Crippen LogP contribution in [0.1, 0.15) is 21.9 Å². The zero-order chi connectivity index (χ0) is 11.5. The summed E-state index contributed by atoms with van der Waals surface area (Å²) in [6, 6.07) is 10.3. The molecule has 0 atom stereocenters. The summed E-state index contributed by atoms with van der Waals surface area (Å²) in [6.45, 7) is 0. The number of halogens is 1. The molecule has 0 unspecified atom stereocenters. The first-order valence-corrected chi connectivity index (χ1v) is 5.08. The van der Waals surface area contributed by atoms with E-state index in [1.165, 1.54) is 6.07 Å². The van der Waals surface area contributed by atoms with E-state index in [0.717, 1.165) is 5.56 Å². The van der Waals surface area contributed by atoms with E-state index in [4.69, 9.17) is 16.0 Å². The maximum absolute atomic E-state index is 10.5. The summed E-state index contributed by atoms with van der Waals surface area (Å²) in [5.74, 6) is -0.931. The highest BCUT2D eigenvalue weighted by Crippen LogP contribution is 2.19. The minimum atomic E-state index is -1.31. The van der Waals surface area contributed by atoms with Gasteiger partial charge in [-0.2, -0.15) is 0 Å². The van der Waals surface area contributed by atoms with Gasteiger partial charge in [0, 0.05) is 11.4 Å². The zero-order valence-corrected chi connectivity index (χ0v) is 9.03. The van der Waals surface area contributed by atoms with Crippen molar-refractivity contribution in [3.8, 4) is 0 Å². The van der Waals surface area contributed by atoms with Crippen molar-refractivity contribution in [2.75, 3.05) is 0 Å². The van der Waals surface area contributed by atoms with Crippen molar-refractivity contribution in [2.24, 2.45) is 0 Å². The van der Waals surface area contributed by atoms with Crippen LogP contribution in [0.4, 0.5) is 0 Å². The summed E-state index contributed by atoms with van der Waals surface area (Å²) in [5.41, 5.74) is 0.892. The third-order valence-corrected chi connectivity index (χ3v) is 2.55. The lowest BCUT2D eigenvalue weighted by molar-refractivity contribution is -0.257. The van der Waals surface area contributed by atoms with Crippen LogP contribution in [-0.4, -0.2) is 5.97 Å². The lowest BCUT2D eigenvalue weighted by atomic mass is 10.1. The SMILES string of the molecule is O=C([O-])c1ccc(Cc2ccccc2Cl)o1. The van der Waals surface area contributed by atoms with E-state index in [1.54, 1.807) is 12.1 Å². The molecular weight excluding hydrogens is 228 g/mol. The van der Waals surface area contributed by atoms with Gasteiger partial charge < -0.3 is 14.3 Å². The fourth-order valence-electron chi connectivity index (χ4n) is 1.41. The largest absolute Gasteiger partial charge is 0.542 e. The normalized spacial score (nSPS) is 10.3. The van der Waals surface area contributed by atoms with Crippen LogP contribution in [0.3, 0.4) is 0 Å². The Morgan fingerprint density at radius 1 is 1.25 bits per heavy atom. The van der Waals surface area contributed by atoms with Crippen molar-refractivity contribution in [1.29, 1.82) is 0 Å². The molecule has 1 aromatic heterocycles. The molecule has 0 saturated carbocycles. The van der Waals surface area contributed by atoms with Gasteiger partial charge in [0.2, 0.25) is 0 Å². The summed E-state index contributed by atoms with van der Waals surface area (Å²) in [7, 11) is 0. The summed E-state index contributed by atoms with van der Waals surface area (Å²) in [6.07, 6.45) is 0.465. The molecule has 0 spiro atoms. The zero-order valence-electron chi connectivity index (χ0n) is 8.27. The molecule has 0 fully saturated rings. The minimum Gasteiger partial charge on any atom is -0.542 e. The van der Waals surface area contributed by atoms with E-state index < -0.39 is 5.97 Å². The van der Waals surface area contributed by atoms with E-state index in [-0.39, 0.29) is 5.76 Å². The van der Waals surface area contributed by atoms with Crippen molar-refractivity contribution in [3.05, 3.63) is 58.5 Å². The Morgan fingerprint density at radius 2 is 2.00 bits per heavy atom. The van der Waals surface area contributed by atoms with Gasteiger partial charge in [-0.15, -0.1) is 0 Å². The first kappa shape index (κ1) is 10.8. The highest BCUT2D eigenvalue weighted by molar-refractivity contribution is 6.31. The minimum absolute atomic E-state index is 0.165. The number of carboxylic acid groups (broad SMARTS) is 1. The van der Waals surface area contributed by atoms with Gasteiger partial charge in [0.15, 0.2) is 0 Å². The quantitative estimate of drug-likeness (QED) is 0.816. The number of hydrogen-bond acceptors (Lipinski definition) is 3. The molecule has 16 heavy (non-hydrogen) atoms. The van der Waals surface area contributed by atoms with Crippen molar-refractivity contribution in [3.63, 3.8) is 0 Å². The predicted octanol–water partition coefficient (Wildman–Crippen LogP) is 1.89. The van der Waals surface area contributed by atoms with Crippen molar-refractivity contribution < 1.29 is 14.3 Å². The first-order valence-electron chi connectivity index (χ1n) is 4.70. The van der Waals surface area contributed by atoms with Crippen LogP contribution in [-0.2, 0) is 6.42 Å². The smallest absolute Gasteiger partial charge is 0.149 e. The van der Waals surface area contributed by atoms with Gasteiger partial charge in [-0.1, -0.05) is 29.8 Å². The van der Waals surface area contributed by atoms with Crippen LogP contribution in [0.15, 0.2) is 40.8 Å². The molecule has 2 rings (SSSR count).